The number of nitrogens with zero attached hydrogens (tertiary/aromatic N) is 5. The zero-order valence-corrected chi connectivity index (χ0v) is 19.2. The topological polar surface area (TPSA) is 128 Å². The van der Waals surface area contributed by atoms with Gasteiger partial charge in [0.05, 0.1) is 23.1 Å². The number of amides is 1. The molecule has 11 heteroatoms. The molecule has 2 aromatic heterocycles. The number of aromatic nitrogens is 4. The van der Waals surface area contributed by atoms with Crippen LogP contribution in [0.15, 0.2) is 35.6 Å². The molecule has 0 aliphatic heterocycles. The highest BCUT2D eigenvalue weighted by Crippen LogP contribution is 2.25. The van der Waals surface area contributed by atoms with Gasteiger partial charge in [-0.1, -0.05) is 44.7 Å². The van der Waals surface area contributed by atoms with E-state index in [0.29, 0.717) is 23.3 Å². The van der Waals surface area contributed by atoms with Crippen molar-refractivity contribution in [3.63, 3.8) is 0 Å². The maximum Gasteiger partial charge on any atom is 0.282 e. The van der Waals surface area contributed by atoms with Crippen LogP contribution in [0.5, 0.6) is 0 Å². The summed E-state index contributed by atoms with van der Waals surface area (Å²) in [6, 6.07) is 5.88. The molecule has 0 saturated carbocycles. The van der Waals surface area contributed by atoms with Gasteiger partial charge in [0.1, 0.15) is 11.4 Å². The Morgan fingerprint density at radius 2 is 2.06 bits per heavy atom. The highest BCUT2D eigenvalue weighted by atomic mass is 32.2. The van der Waals surface area contributed by atoms with Gasteiger partial charge in [-0.15, -0.1) is 0 Å². The van der Waals surface area contributed by atoms with Gasteiger partial charge < -0.3 is 10.6 Å². The summed E-state index contributed by atoms with van der Waals surface area (Å²) in [5.41, 5.74) is 0.495. The van der Waals surface area contributed by atoms with Crippen LogP contribution in [-0.4, -0.2) is 49.4 Å². The monoisotopic (exact) mass is 457 g/mol. The maximum absolute atomic E-state index is 12.5. The zero-order valence-electron chi connectivity index (χ0n) is 18.4. The van der Waals surface area contributed by atoms with Crippen LogP contribution >= 0.6 is 11.8 Å². The minimum atomic E-state index is -0.561. The Kier molecular flexibility index (Phi) is 7.98. The fraction of sp³-hybridized carbons (Fsp3) is 0.429. The minimum Gasteiger partial charge on any atom is -0.369 e. The normalized spacial score (nSPS) is 11.1. The minimum absolute atomic E-state index is 0.0311. The van der Waals surface area contributed by atoms with E-state index in [2.05, 4.69) is 46.5 Å². The van der Waals surface area contributed by atoms with Gasteiger partial charge >= 0.3 is 0 Å². The number of carbonyl (C=O) groups excluding carboxylic acids is 1. The van der Waals surface area contributed by atoms with Crippen molar-refractivity contribution in [1.29, 1.82) is 0 Å². The summed E-state index contributed by atoms with van der Waals surface area (Å²) in [7, 11) is 0. The second-order valence-electron chi connectivity index (χ2n) is 7.61. The molecule has 0 spiro atoms. The molecule has 0 aliphatic carbocycles. The molecule has 1 aromatic carbocycles. The lowest BCUT2D eigenvalue weighted by Crippen LogP contribution is -2.28. The number of hydrogen-bond donors (Lipinski definition) is 2. The summed E-state index contributed by atoms with van der Waals surface area (Å²) in [4.78, 5) is 32.4. The Labute approximate surface area is 190 Å². The van der Waals surface area contributed by atoms with Crippen LogP contribution in [0.3, 0.4) is 0 Å². The average molecular weight is 458 g/mol. The van der Waals surface area contributed by atoms with Gasteiger partial charge in [-0.25, -0.2) is 14.6 Å². The van der Waals surface area contributed by atoms with Crippen molar-refractivity contribution in [1.82, 2.24) is 25.1 Å². The van der Waals surface area contributed by atoms with E-state index < -0.39 is 10.8 Å². The summed E-state index contributed by atoms with van der Waals surface area (Å²) in [5.74, 6) is 1.62. The first kappa shape index (κ1) is 23.5. The van der Waals surface area contributed by atoms with E-state index in [4.69, 9.17) is 0 Å². The summed E-state index contributed by atoms with van der Waals surface area (Å²) < 4.78 is 1.72. The van der Waals surface area contributed by atoms with Gasteiger partial charge in [0.25, 0.3) is 11.6 Å². The number of anilines is 1. The molecule has 10 nitrogen and oxygen atoms in total. The SMILES string of the molecule is CCCSc1nc(NCC(C)C)c2cnn(CCNC(=O)c3ccccc3[N+](=O)[O-])c2n1. The van der Waals surface area contributed by atoms with Crippen LogP contribution in [0.1, 0.15) is 37.6 Å². The van der Waals surface area contributed by atoms with E-state index in [1.54, 1.807) is 28.7 Å². The highest BCUT2D eigenvalue weighted by Gasteiger charge is 2.19. The van der Waals surface area contributed by atoms with E-state index in [1.807, 2.05) is 0 Å². The molecule has 0 fully saturated rings. The first-order chi connectivity index (χ1) is 15.4. The van der Waals surface area contributed by atoms with E-state index in [9.17, 15) is 14.9 Å². The van der Waals surface area contributed by atoms with Gasteiger partial charge in [0.15, 0.2) is 10.8 Å². The second kappa shape index (κ2) is 10.9. The molecule has 2 heterocycles. The van der Waals surface area contributed by atoms with Crippen LogP contribution < -0.4 is 10.6 Å². The number of thioether (sulfide) groups is 1. The third kappa shape index (κ3) is 5.72. The van der Waals surface area contributed by atoms with Gasteiger partial charge in [-0.2, -0.15) is 5.10 Å². The van der Waals surface area contributed by atoms with Gasteiger partial charge in [0, 0.05) is 24.9 Å². The summed E-state index contributed by atoms with van der Waals surface area (Å²) in [6.45, 7) is 7.75. The molecule has 0 unspecified atom stereocenters. The molecule has 3 aromatic rings. The van der Waals surface area contributed by atoms with E-state index in [1.165, 1.54) is 18.2 Å². The van der Waals surface area contributed by atoms with Crippen molar-refractivity contribution in [3.8, 4) is 0 Å². The number of para-hydroxylation sites is 1. The van der Waals surface area contributed by atoms with Crippen LogP contribution in [0, 0.1) is 16.0 Å². The Morgan fingerprint density at radius 1 is 1.28 bits per heavy atom. The molecule has 3 rings (SSSR count). The molecule has 0 radical (unpaired) electrons. The first-order valence-corrected chi connectivity index (χ1v) is 11.5. The standard InChI is InChI=1S/C21H27N7O3S/c1-4-11-32-21-25-18(23-12-14(2)3)16-13-24-27(19(16)26-21)10-9-22-20(29)15-7-5-6-8-17(15)28(30)31/h5-8,13-14H,4,9-12H2,1-3H3,(H,22,29)(H,23,25,26). The number of nitro benzene ring substituents is 1. The number of hydrogen-bond acceptors (Lipinski definition) is 8. The number of fused-ring (bicyclic) bond motifs is 1. The lowest BCUT2D eigenvalue weighted by atomic mass is 10.1. The predicted molar refractivity (Wildman–Crippen MR) is 125 cm³/mol. The number of benzene rings is 1. The van der Waals surface area contributed by atoms with Crippen molar-refractivity contribution < 1.29 is 9.72 Å². The van der Waals surface area contributed by atoms with E-state index in [0.717, 1.165) is 29.9 Å². The molecular formula is C21H27N7O3S. The van der Waals surface area contributed by atoms with Crippen molar-refractivity contribution in [2.45, 2.75) is 38.9 Å². The summed E-state index contributed by atoms with van der Waals surface area (Å²) >= 11 is 1.59. The number of carbonyl (C=O) groups is 1. The van der Waals surface area contributed by atoms with Crippen molar-refractivity contribution in [3.05, 3.63) is 46.1 Å². The zero-order chi connectivity index (χ0) is 23.1. The third-order valence-corrected chi connectivity index (χ3v) is 5.60. The van der Waals surface area contributed by atoms with Gasteiger partial charge in [-0.3, -0.25) is 14.9 Å². The maximum atomic E-state index is 12.5. The largest absolute Gasteiger partial charge is 0.369 e. The van der Waals surface area contributed by atoms with E-state index >= 15 is 0 Å². The van der Waals surface area contributed by atoms with Crippen LogP contribution in [-0.2, 0) is 6.54 Å². The average Bonchev–Trinajstić information content (AvgIpc) is 3.18. The van der Waals surface area contributed by atoms with Crippen molar-refractivity contribution in [2.75, 3.05) is 24.2 Å². The van der Waals surface area contributed by atoms with Crippen LogP contribution in [0.2, 0.25) is 0 Å². The summed E-state index contributed by atoms with van der Waals surface area (Å²) in [5, 5.41) is 23.2. The molecular weight excluding hydrogens is 430 g/mol. The Balaban J connectivity index is 1.76. The van der Waals surface area contributed by atoms with E-state index in [-0.39, 0.29) is 17.8 Å². The van der Waals surface area contributed by atoms with Gasteiger partial charge in [-0.05, 0) is 18.4 Å². The Hall–Kier alpha value is -3.21. The lowest BCUT2D eigenvalue weighted by Gasteiger charge is -2.11. The third-order valence-electron chi connectivity index (χ3n) is 4.54. The van der Waals surface area contributed by atoms with Gasteiger partial charge in [0.2, 0.25) is 0 Å². The van der Waals surface area contributed by atoms with Crippen molar-refractivity contribution in [2.24, 2.45) is 5.92 Å². The first-order valence-electron chi connectivity index (χ1n) is 10.5. The molecule has 0 atom stereocenters. The summed E-state index contributed by atoms with van der Waals surface area (Å²) in [6.07, 6.45) is 2.73. The Morgan fingerprint density at radius 3 is 2.78 bits per heavy atom. The predicted octanol–water partition coefficient (Wildman–Crippen LogP) is 3.73. The molecule has 0 saturated heterocycles. The molecule has 170 valence electrons. The molecule has 32 heavy (non-hydrogen) atoms. The van der Waals surface area contributed by atoms with Crippen molar-refractivity contribution >= 4 is 40.2 Å². The van der Waals surface area contributed by atoms with Crippen LogP contribution in [0.25, 0.3) is 11.0 Å². The lowest BCUT2D eigenvalue weighted by molar-refractivity contribution is -0.385. The smallest absolute Gasteiger partial charge is 0.282 e. The molecule has 1 amide bonds. The Bertz CT molecular complexity index is 1100. The number of nitro groups is 1. The highest BCUT2D eigenvalue weighted by molar-refractivity contribution is 7.99. The molecule has 2 N–H and O–H groups in total. The van der Waals surface area contributed by atoms with Crippen LogP contribution in [0.4, 0.5) is 11.5 Å². The quantitative estimate of drug-likeness (QED) is 0.193. The fourth-order valence-electron chi connectivity index (χ4n) is 2.99. The number of nitrogens with one attached hydrogen (secondary N) is 2. The number of rotatable bonds is 11. The second-order valence-corrected chi connectivity index (χ2v) is 8.68. The fourth-order valence-corrected chi connectivity index (χ4v) is 3.68. The molecule has 0 bridgehead atoms. The molecule has 0 aliphatic rings.